The van der Waals surface area contributed by atoms with Crippen molar-refractivity contribution in [3.05, 3.63) is 0 Å². The van der Waals surface area contributed by atoms with Crippen LogP contribution in [-0.4, -0.2) is 6.21 Å². The van der Waals surface area contributed by atoms with Gasteiger partial charge in [-0.2, -0.15) is 5.41 Å². The largest absolute Gasteiger partial charge is 0.164 e. The van der Waals surface area contributed by atoms with Crippen LogP contribution in [0.5, 0.6) is 0 Å². The Kier molecular flexibility index (Phi) is 108. The minimum absolute atomic E-state index is 0. The molecule has 0 aromatic carbocycles. The highest BCUT2D eigenvalue weighted by atomic mass is 35.5. The molecule has 0 aromatic rings. The van der Waals surface area contributed by atoms with E-state index in [0.29, 0.717) is 0 Å². The van der Waals surface area contributed by atoms with Gasteiger partial charge in [0.25, 0.3) is 0 Å². The molecular weight excluding hydrogens is 109 g/mol. The molecular formula is C2H6Cl2N. The Morgan fingerprint density at radius 3 is 1.40 bits per heavy atom. The highest BCUT2D eigenvalue weighted by molar-refractivity contribution is 5.85. The van der Waals surface area contributed by atoms with E-state index in [1.54, 1.807) is 6.92 Å². The number of rotatable bonds is 0. The zero-order chi connectivity index (χ0) is 2.71. The summed E-state index contributed by atoms with van der Waals surface area (Å²) in [6.45, 7) is 1.56. The molecule has 0 aromatic heterocycles. The van der Waals surface area contributed by atoms with Gasteiger partial charge in [-0.25, -0.2) is 0 Å². The summed E-state index contributed by atoms with van der Waals surface area (Å²) >= 11 is 0. The summed E-state index contributed by atoms with van der Waals surface area (Å²) < 4.78 is 0. The highest BCUT2D eigenvalue weighted by Crippen LogP contribution is 1.09. The van der Waals surface area contributed by atoms with Crippen molar-refractivity contribution < 1.29 is 0 Å². The lowest BCUT2D eigenvalue weighted by Crippen LogP contribution is -1.43. The van der Waals surface area contributed by atoms with Crippen LogP contribution >= 0.6 is 24.8 Å². The Balaban J connectivity index is -0.0000000200. The van der Waals surface area contributed by atoms with Crippen molar-refractivity contribution in [2.24, 2.45) is 0 Å². The van der Waals surface area contributed by atoms with Gasteiger partial charge in [-0.3, -0.25) is 0 Å². The molecule has 0 fully saturated rings. The molecule has 0 aliphatic heterocycles. The van der Waals surface area contributed by atoms with Gasteiger partial charge in [0, 0.05) is 6.21 Å². The van der Waals surface area contributed by atoms with E-state index in [1.165, 1.54) is 0 Å². The van der Waals surface area contributed by atoms with Gasteiger partial charge in [0.1, 0.15) is 0 Å². The van der Waals surface area contributed by atoms with Gasteiger partial charge >= 0.3 is 0 Å². The molecule has 0 heterocycles. The van der Waals surface area contributed by atoms with Gasteiger partial charge in [0.05, 0.1) is 0 Å². The van der Waals surface area contributed by atoms with Crippen LogP contribution in [0.15, 0.2) is 0 Å². The number of hydrogen-bond acceptors (Lipinski definition) is 0. The quantitative estimate of drug-likeness (QED) is 0.415. The summed E-state index contributed by atoms with van der Waals surface area (Å²) in [4.78, 5) is 0. The molecule has 0 saturated carbocycles. The topological polar surface area (TPSA) is 22.3 Å². The molecule has 1 nitrogen and oxygen atoms in total. The van der Waals surface area contributed by atoms with E-state index in [0.717, 1.165) is 6.21 Å². The first kappa shape index (κ1) is 18.7. The molecule has 1 radical (unpaired) electrons. The molecule has 0 saturated heterocycles. The van der Waals surface area contributed by atoms with Gasteiger partial charge in [-0.1, -0.05) is 0 Å². The molecule has 0 N–H and O–H groups in total. The fourth-order valence-corrected chi connectivity index (χ4v) is 0. The average Bonchev–Trinajstić information content (AvgIpc) is 0.918. The highest BCUT2D eigenvalue weighted by Gasteiger charge is 1.20. The molecule has 0 rings (SSSR count). The number of hydrogen-bond donors (Lipinski definition) is 0. The summed E-state index contributed by atoms with van der Waals surface area (Å²) in [5.74, 6) is 0. The van der Waals surface area contributed by atoms with E-state index in [9.17, 15) is 0 Å². The second-order valence-corrected chi connectivity index (χ2v) is 0.258. The number of nitrogens with zero attached hydrogens (tertiary/aromatic N) is 1. The summed E-state index contributed by atoms with van der Waals surface area (Å²) in [5.41, 5.74) is 0. The van der Waals surface area contributed by atoms with Crippen LogP contribution < -0.4 is 5.41 Å². The lowest BCUT2D eigenvalue weighted by molar-refractivity contribution is 1.84. The normalized spacial score (nSPS) is 2.60. The van der Waals surface area contributed by atoms with Crippen molar-refractivity contribution in [2.75, 3.05) is 0 Å². The molecule has 0 aliphatic rings. The van der Waals surface area contributed by atoms with Gasteiger partial charge in [-0.15, -0.1) is 24.8 Å². The zero-order valence-corrected chi connectivity index (χ0v) is 4.47. The predicted molar refractivity (Wildman–Crippen MR) is 28.4 cm³/mol. The SMILES string of the molecule is CC=[N].Cl.Cl. The molecule has 5 heavy (non-hydrogen) atoms. The lowest BCUT2D eigenvalue weighted by atomic mass is 10.9. The van der Waals surface area contributed by atoms with Crippen molar-refractivity contribution in [1.29, 1.82) is 0 Å². The third-order valence-electron chi connectivity index (χ3n) is 0. The zero-order valence-electron chi connectivity index (χ0n) is 2.84. The molecule has 0 spiro atoms. The Bertz CT molecular complexity index is 15.1. The van der Waals surface area contributed by atoms with Crippen molar-refractivity contribution in [2.45, 2.75) is 6.92 Å². The fraction of sp³-hybridized carbons (Fsp3) is 0.500. The van der Waals surface area contributed by atoms with Crippen molar-refractivity contribution in [3.8, 4) is 0 Å². The second-order valence-electron chi connectivity index (χ2n) is 0.258. The lowest BCUT2D eigenvalue weighted by Gasteiger charge is -1.25. The van der Waals surface area contributed by atoms with Crippen molar-refractivity contribution >= 4 is 31.0 Å². The maximum absolute atomic E-state index is 7.44. The first-order valence-corrected chi connectivity index (χ1v) is 0.836. The van der Waals surface area contributed by atoms with Crippen molar-refractivity contribution in [1.82, 2.24) is 5.41 Å². The average molecular weight is 115 g/mol. The summed E-state index contributed by atoms with van der Waals surface area (Å²) in [5, 5.41) is 7.44. The van der Waals surface area contributed by atoms with Crippen LogP contribution in [-0.2, 0) is 0 Å². The van der Waals surface area contributed by atoms with Gasteiger partial charge in [0.2, 0.25) is 0 Å². The van der Waals surface area contributed by atoms with Crippen LogP contribution in [0.1, 0.15) is 6.92 Å². The Morgan fingerprint density at radius 2 is 1.40 bits per heavy atom. The minimum atomic E-state index is 0. The molecule has 0 aliphatic carbocycles. The first-order chi connectivity index (χ1) is 1.41. The van der Waals surface area contributed by atoms with Crippen LogP contribution in [0.4, 0.5) is 0 Å². The van der Waals surface area contributed by atoms with Crippen LogP contribution in [0.2, 0.25) is 0 Å². The van der Waals surface area contributed by atoms with E-state index in [-0.39, 0.29) is 24.8 Å². The standard InChI is InChI=1S/C2H4N.2ClH/c1-2-3;;/h2H,1H3;2*1H. The van der Waals surface area contributed by atoms with Crippen LogP contribution in [0, 0.1) is 0 Å². The Hall–Kier alpha value is 0.250. The third-order valence-corrected chi connectivity index (χ3v) is 0. The predicted octanol–water partition coefficient (Wildman–Crippen LogP) is 0.721. The molecule has 0 bridgehead atoms. The van der Waals surface area contributed by atoms with E-state index < -0.39 is 0 Å². The number of halogens is 2. The second kappa shape index (κ2) is 28.7. The molecule has 0 atom stereocenters. The molecule has 33 valence electrons. The summed E-state index contributed by atoms with van der Waals surface area (Å²) in [7, 11) is 0. The van der Waals surface area contributed by atoms with E-state index in [2.05, 4.69) is 0 Å². The van der Waals surface area contributed by atoms with Crippen molar-refractivity contribution in [3.63, 3.8) is 0 Å². The minimum Gasteiger partial charge on any atom is -0.164 e. The summed E-state index contributed by atoms with van der Waals surface area (Å²) in [6.07, 6.45) is 1.00. The van der Waals surface area contributed by atoms with Gasteiger partial charge < -0.3 is 0 Å². The van der Waals surface area contributed by atoms with Gasteiger partial charge in [0.15, 0.2) is 0 Å². The maximum Gasteiger partial charge on any atom is 0.0239 e. The van der Waals surface area contributed by atoms with Crippen LogP contribution in [0.3, 0.4) is 0 Å². The first-order valence-electron chi connectivity index (χ1n) is 0.836. The molecule has 0 amide bonds. The fourth-order valence-electron chi connectivity index (χ4n) is 0. The van der Waals surface area contributed by atoms with E-state index >= 15 is 0 Å². The van der Waals surface area contributed by atoms with E-state index in [4.69, 9.17) is 5.41 Å². The smallest absolute Gasteiger partial charge is 0.0239 e. The monoisotopic (exact) mass is 114 g/mol. The third kappa shape index (κ3) is 344. The molecule has 0 unspecified atom stereocenters. The summed E-state index contributed by atoms with van der Waals surface area (Å²) in [6, 6.07) is 0. The Labute approximate surface area is 44.1 Å². The van der Waals surface area contributed by atoms with E-state index in [1.807, 2.05) is 0 Å². The van der Waals surface area contributed by atoms with Crippen LogP contribution in [0.25, 0.3) is 0 Å². The molecule has 3 heteroatoms. The Morgan fingerprint density at radius 1 is 1.40 bits per heavy atom. The maximum atomic E-state index is 7.44. The van der Waals surface area contributed by atoms with Gasteiger partial charge in [-0.05, 0) is 6.92 Å².